The lowest BCUT2D eigenvalue weighted by Crippen LogP contribution is -2.13. The molecule has 0 unspecified atom stereocenters. The average Bonchev–Trinajstić information content (AvgIpc) is 3.10. The molecule has 0 fully saturated rings. The second-order valence-corrected chi connectivity index (χ2v) is 5.63. The van der Waals surface area contributed by atoms with Gasteiger partial charge >= 0.3 is 0 Å². The number of pyridine rings is 1. The van der Waals surface area contributed by atoms with Crippen LogP contribution in [0.1, 0.15) is 10.4 Å². The summed E-state index contributed by atoms with van der Waals surface area (Å²) in [5.74, 6) is 0.691. The molecule has 0 aliphatic carbocycles. The fraction of sp³-hybridized carbons (Fsp3) is 0.125. The zero-order chi connectivity index (χ0) is 16.9. The maximum atomic E-state index is 12.4. The van der Waals surface area contributed by atoms with E-state index >= 15 is 0 Å². The van der Waals surface area contributed by atoms with Gasteiger partial charge in [0.25, 0.3) is 5.91 Å². The molecule has 0 saturated carbocycles. The van der Waals surface area contributed by atoms with Gasteiger partial charge in [-0.15, -0.1) is 10.2 Å². The zero-order valence-corrected chi connectivity index (χ0v) is 13.8. The van der Waals surface area contributed by atoms with E-state index in [0.29, 0.717) is 32.9 Å². The van der Waals surface area contributed by atoms with Crippen LogP contribution in [-0.4, -0.2) is 35.3 Å². The van der Waals surface area contributed by atoms with Gasteiger partial charge in [-0.3, -0.25) is 15.1 Å². The number of aromatic nitrogens is 3. The third-order valence-electron chi connectivity index (χ3n) is 3.18. The Morgan fingerprint density at radius 3 is 2.71 bits per heavy atom. The number of ether oxygens (including phenoxy) is 2. The van der Waals surface area contributed by atoms with Crippen molar-refractivity contribution in [3.63, 3.8) is 0 Å². The summed E-state index contributed by atoms with van der Waals surface area (Å²) in [6.07, 6.45) is 1.68. The van der Waals surface area contributed by atoms with Gasteiger partial charge in [-0.25, -0.2) is 0 Å². The summed E-state index contributed by atoms with van der Waals surface area (Å²) in [5.41, 5.74) is 1.09. The van der Waals surface area contributed by atoms with Crippen molar-refractivity contribution in [3.05, 3.63) is 48.2 Å². The second-order valence-electron chi connectivity index (χ2n) is 4.65. The average molecular weight is 342 g/mol. The van der Waals surface area contributed by atoms with E-state index in [9.17, 15) is 4.79 Å². The van der Waals surface area contributed by atoms with E-state index in [2.05, 4.69) is 20.5 Å². The van der Waals surface area contributed by atoms with Crippen molar-refractivity contribution in [2.75, 3.05) is 19.5 Å². The molecular weight excluding hydrogens is 328 g/mol. The van der Waals surface area contributed by atoms with Gasteiger partial charge in [0.2, 0.25) is 5.13 Å². The van der Waals surface area contributed by atoms with Crippen LogP contribution < -0.4 is 14.8 Å². The topological polar surface area (TPSA) is 86.2 Å². The Labute approximate surface area is 142 Å². The molecule has 0 aliphatic heterocycles. The molecule has 1 amide bonds. The molecule has 1 aromatic carbocycles. The lowest BCUT2D eigenvalue weighted by atomic mass is 10.2. The lowest BCUT2D eigenvalue weighted by molar-refractivity contribution is 0.102. The number of amides is 1. The Morgan fingerprint density at radius 1 is 1.12 bits per heavy atom. The summed E-state index contributed by atoms with van der Waals surface area (Å²) in [5, 5.41) is 11.8. The molecule has 3 rings (SSSR count). The van der Waals surface area contributed by atoms with Crippen LogP contribution in [0.15, 0.2) is 42.6 Å². The van der Waals surface area contributed by atoms with Crippen molar-refractivity contribution in [2.45, 2.75) is 0 Å². The Bertz CT molecular complexity index is 852. The van der Waals surface area contributed by atoms with Crippen LogP contribution in [-0.2, 0) is 0 Å². The first-order chi connectivity index (χ1) is 11.7. The number of benzene rings is 1. The van der Waals surface area contributed by atoms with Gasteiger partial charge in [-0.1, -0.05) is 17.4 Å². The van der Waals surface area contributed by atoms with Crippen LogP contribution in [0.3, 0.4) is 0 Å². The number of carbonyl (C=O) groups excluding carboxylic acids is 1. The Kier molecular flexibility index (Phi) is 4.66. The third kappa shape index (κ3) is 3.33. The summed E-state index contributed by atoms with van der Waals surface area (Å²) in [6, 6.07) is 10.5. The van der Waals surface area contributed by atoms with Crippen LogP contribution in [0, 0.1) is 0 Å². The quantitative estimate of drug-likeness (QED) is 0.767. The highest BCUT2D eigenvalue weighted by molar-refractivity contribution is 7.18. The summed E-state index contributed by atoms with van der Waals surface area (Å²) in [7, 11) is 3.05. The van der Waals surface area contributed by atoms with Crippen molar-refractivity contribution in [1.82, 2.24) is 15.2 Å². The number of anilines is 1. The molecule has 24 heavy (non-hydrogen) atoms. The first-order valence-corrected chi connectivity index (χ1v) is 7.81. The standard InChI is InChI=1S/C16H14N4O3S/c1-22-10-6-7-11(13(9-10)23-2)14(21)18-16-20-19-15(24-16)12-5-3-4-8-17-12/h3-9H,1-2H3,(H,18,20,21). The number of hydrogen-bond acceptors (Lipinski definition) is 7. The van der Waals surface area contributed by atoms with Crippen LogP contribution >= 0.6 is 11.3 Å². The second kappa shape index (κ2) is 7.05. The Balaban J connectivity index is 1.79. The van der Waals surface area contributed by atoms with Crippen LogP contribution in [0.25, 0.3) is 10.7 Å². The minimum Gasteiger partial charge on any atom is -0.497 e. The van der Waals surface area contributed by atoms with Crippen molar-refractivity contribution in [2.24, 2.45) is 0 Å². The van der Waals surface area contributed by atoms with Crippen molar-refractivity contribution in [3.8, 4) is 22.2 Å². The van der Waals surface area contributed by atoms with E-state index in [0.717, 1.165) is 0 Å². The van der Waals surface area contributed by atoms with Crippen LogP contribution in [0.2, 0.25) is 0 Å². The summed E-state index contributed by atoms with van der Waals surface area (Å²) in [4.78, 5) is 16.6. The van der Waals surface area contributed by atoms with E-state index in [-0.39, 0.29) is 5.91 Å². The molecule has 0 radical (unpaired) electrons. The maximum Gasteiger partial charge on any atom is 0.261 e. The maximum absolute atomic E-state index is 12.4. The fourth-order valence-corrected chi connectivity index (χ4v) is 2.73. The summed E-state index contributed by atoms with van der Waals surface area (Å²) >= 11 is 1.25. The highest BCUT2D eigenvalue weighted by Crippen LogP contribution is 2.27. The third-order valence-corrected chi connectivity index (χ3v) is 4.04. The number of nitrogens with zero attached hydrogens (tertiary/aromatic N) is 3. The molecular formula is C16H14N4O3S. The molecule has 0 saturated heterocycles. The van der Waals surface area contributed by atoms with Crippen molar-refractivity contribution in [1.29, 1.82) is 0 Å². The number of methoxy groups -OCH3 is 2. The molecule has 8 heteroatoms. The van der Waals surface area contributed by atoms with E-state index in [1.807, 2.05) is 18.2 Å². The van der Waals surface area contributed by atoms with Gasteiger partial charge in [0.1, 0.15) is 17.2 Å². The molecule has 0 atom stereocenters. The molecule has 0 spiro atoms. The van der Waals surface area contributed by atoms with Gasteiger partial charge in [-0.05, 0) is 24.3 Å². The predicted octanol–water partition coefficient (Wildman–Crippen LogP) is 2.87. The molecule has 1 N–H and O–H groups in total. The molecule has 0 bridgehead atoms. The van der Waals surface area contributed by atoms with Gasteiger partial charge < -0.3 is 9.47 Å². The molecule has 2 heterocycles. The van der Waals surface area contributed by atoms with Crippen LogP contribution in [0.5, 0.6) is 11.5 Å². The predicted molar refractivity (Wildman–Crippen MR) is 90.6 cm³/mol. The lowest BCUT2D eigenvalue weighted by Gasteiger charge is -2.09. The van der Waals surface area contributed by atoms with Gasteiger partial charge in [-0.2, -0.15) is 0 Å². The SMILES string of the molecule is COc1ccc(C(=O)Nc2nnc(-c3ccccn3)s2)c(OC)c1. The monoisotopic (exact) mass is 342 g/mol. The smallest absolute Gasteiger partial charge is 0.261 e. The zero-order valence-electron chi connectivity index (χ0n) is 13.0. The normalized spacial score (nSPS) is 10.2. The minimum atomic E-state index is -0.335. The summed E-state index contributed by atoms with van der Waals surface area (Å²) < 4.78 is 10.4. The Hall–Kier alpha value is -3.00. The van der Waals surface area contributed by atoms with Crippen LogP contribution in [0.4, 0.5) is 5.13 Å². The largest absolute Gasteiger partial charge is 0.497 e. The first kappa shape index (κ1) is 15.9. The highest BCUT2D eigenvalue weighted by Gasteiger charge is 2.16. The fourth-order valence-electron chi connectivity index (χ4n) is 2.02. The van der Waals surface area contributed by atoms with Gasteiger partial charge in [0, 0.05) is 12.3 Å². The van der Waals surface area contributed by atoms with E-state index in [1.54, 1.807) is 31.5 Å². The van der Waals surface area contributed by atoms with E-state index in [1.165, 1.54) is 18.4 Å². The van der Waals surface area contributed by atoms with Crippen molar-refractivity contribution >= 4 is 22.4 Å². The molecule has 122 valence electrons. The molecule has 7 nitrogen and oxygen atoms in total. The Morgan fingerprint density at radius 2 is 2.00 bits per heavy atom. The number of nitrogens with one attached hydrogen (secondary N) is 1. The molecule has 3 aromatic rings. The van der Waals surface area contributed by atoms with Crippen molar-refractivity contribution < 1.29 is 14.3 Å². The molecule has 2 aromatic heterocycles. The number of hydrogen-bond donors (Lipinski definition) is 1. The van der Waals surface area contributed by atoms with Gasteiger partial charge in [0.15, 0.2) is 5.01 Å². The van der Waals surface area contributed by atoms with E-state index in [4.69, 9.17) is 9.47 Å². The van der Waals surface area contributed by atoms with E-state index < -0.39 is 0 Å². The number of rotatable bonds is 5. The first-order valence-electron chi connectivity index (χ1n) is 6.99. The highest BCUT2D eigenvalue weighted by atomic mass is 32.1. The summed E-state index contributed by atoms with van der Waals surface area (Å²) in [6.45, 7) is 0. The number of carbonyl (C=O) groups is 1. The van der Waals surface area contributed by atoms with Gasteiger partial charge in [0.05, 0.1) is 19.8 Å². The molecule has 0 aliphatic rings. The minimum absolute atomic E-state index is 0.335.